The maximum Gasteiger partial charge on any atom is 0.253 e. The van der Waals surface area contributed by atoms with Crippen LogP contribution in [0.25, 0.3) is 0 Å². The van der Waals surface area contributed by atoms with Crippen molar-refractivity contribution >= 4 is 17.5 Å². The summed E-state index contributed by atoms with van der Waals surface area (Å²) in [6.45, 7) is 0.980. The van der Waals surface area contributed by atoms with Crippen molar-refractivity contribution in [1.29, 1.82) is 0 Å². The summed E-state index contributed by atoms with van der Waals surface area (Å²) in [6.07, 6.45) is 0.634. The van der Waals surface area contributed by atoms with E-state index in [1.807, 2.05) is 48.5 Å². The molecule has 2 aromatic rings. The van der Waals surface area contributed by atoms with E-state index in [0.29, 0.717) is 25.1 Å². The third-order valence-corrected chi connectivity index (χ3v) is 5.37. The Morgan fingerprint density at radius 2 is 1.92 bits per heavy atom. The Kier molecular flexibility index (Phi) is 3.53. The molecule has 0 N–H and O–H groups in total. The Labute approximate surface area is 146 Å². The number of rotatable bonds is 2. The summed E-state index contributed by atoms with van der Waals surface area (Å²) in [4.78, 5) is 29.3. The van der Waals surface area contributed by atoms with Gasteiger partial charge >= 0.3 is 0 Å². The smallest absolute Gasteiger partial charge is 0.253 e. The number of benzene rings is 2. The lowest BCUT2D eigenvalue weighted by molar-refractivity contribution is -0.122. The lowest BCUT2D eigenvalue weighted by atomic mass is 9.81. The lowest BCUT2D eigenvalue weighted by Gasteiger charge is -2.23. The molecule has 1 atom stereocenters. The highest BCUT2D eigenvalue weighted by Crippen LogP contribution is 2.48. The third-order valence-electron chi connectivity index (χ3n) is 5.37. The van der Waals surface area contributed by atoms with E-state index in [4.69, 9.17) is 4.74 Å². The molecule has 0 radical (unpaired) electrons. The van der Waals surface area contributed by atoms with E-state index in [1.165, 1.54) is 0 Å². The lowest BCUT2D eigenvalue weighted by Crippen LogP contribution is -2.42. The molecule has 1 fully saturated rings. The molecule has 4 rings (SSSR count). The minimum Gasteiger partial charge on any atom is -0.497 e. The number of nitrogens with zero attached hydrogens (tertiary/aromatic N) is 2. The molecule has 2 amide bonds. The van der Waals surface area contributed by atoms with Gasteiger partial charge in [0.15, 0.2) is 0 Å². The van der Waals surface area contributed by atoms with Crippen molar-refractivity contribution in [3.8, 4) is 5.75 Å². The molecule has 1 unspecified atom stereocenters. The van der Waals surface area contributed by atoms with Gasteiger partial charge in [0.1, 0.15) is 5.75 Å². The van der Waals surface area contributed by atoms with Gasteiger partial charge in [0.05, 0.1) is 12.5 Å². The molecule has 2 heterocycles. The van der Waals surface area contributed by atoms with Crippen molar-refractivity contribution < 1.29 is 14.3 Å². The van der Waals surface area contributed by atoms with Gasteiger partial charge < -0.3 is 14.5 Å². The van der Waals surface area contributed by atoms with Crippen LogP contribution in [0.2, 0.25) is 0 Å². The van der Waals surface area contributed by atoms with Crippen molar-refractivity contribution in [3.05, 3.63) is 59.7 Å². The van der Waals surface area contributed by atoms with E-state index < -0.39 is 5.41 Å². The predicted octanol–water partition coefficient (Wildman–Crippen LogP) is 2.46. The largest absolute Gasteiger partial charge is 0.497 e. The standard InChI is InChI=1S/C20H20N2O3/c1-21-17-9-8-15(25-2)12-16(17)20(19(21)24)10-11-22(13-20)18(23)14-6-4-3-5-7-14/h3-9,12H,10-11,13H2,1-2H3. The van der Waals surface area contributed by atoms with Gasteiger partial charge in [0.25, 0.3) is 5.91 Å². The molecule has 25 heavy (non-hydrogen) atoms. The normalized spacial score (nSPS) is 21.8. The maximum absolute atomic E-state index is 13.0. The van der Waals surface area contributed by atoms with Crippen molar-refractivity contribution in [2.45, 2.75) is 11.8 Å². The first-order chi connectivity index (χ1) is 12.1. The monoisotopic (exact) mass is 336 g/mol. The zero-order chi connectivity index (χ0) is 17.6. The number of likely N-dealkylation sites (tertiary alicyclic amines) is 1. The summed E-state index contributed by atoms with van der Waals surface area (Å²) < 4.78 is 5.35. The van der Waals surface area contributed by atoms with Gasteiger partial charge in [-0.25, -0.2) is 0 Å². The number of fused-ring (bicyclic) bond motifs is 2. The van der Waals surface area contributed by atoms with E-state index in [2.05, 4.69) is 0 Å². The zero-order valence-corrected chi connectivity index (χ0v) is 14.4. The zero-order valence-electron chi connectivity index (χ0n) is 14.4. The van der Waals surface area contributed by atoms with Crippen LogP contribution in [-0.4, -0.2) is 44.0 Å². The average molecular weight is 336 g/mol. The summed E-state index contributed by atoms with van der Waals surface area (Å²) in [5.74, 6) is 0.762. The number of anilines is 1. The molecular formula is C20H20N2O3. The molecule has 1 spiro atoms. The first-order valence-corrected chi connectivity index (χ1v) is 8.38. The molecule has 5 nitrogen and oxygen atoms in total. The van der Waals surface area contributed by atoms with Gasteiger partial charge in [-0.05, 0) is 42.3 Å². The topological polar surface area (TPSA) is 49.9 Å². The van der Waals surface area contributed by atoms with E-state index >= 15 is 0 Å². The first kappa shape index (κ1) is 15.7. The van der Waals surface area contributed by atoms with Crippen LogP contribution in [0, 0.1) is 0 Å². The highest BCUT2D eigenvalue weighted by atomic mass is 16.5. The molecule has 2 aliphatic rings. The summed E-state index contributed by atoms with van der Waals surface area (Å²) in [5.41, 5.74) is 1.86. The number of methoxy groups -OCH3 is 1. The Morgan fingerprint density at radius 3 is 2.64 bits per heavy atom. The molecule has 0 saturated carbocycles. The number of carbonyl (C=O) groups excluding carboxylic acids is 2. The molecule has 0 bridgehead atoms. The second-order valence-corrected chi connectivity index (χ2v) is 6.67. The number of ether oxygens (including phenoxy) is 1. The Balaban J connectivity index is 1.70. The Hall–Kier alpha value is -2.82. The first-order valence-electron chi connectivity index (χ1n) is 8.38. The van der Waals surface area contributed by atoms with Crippen molar-refractivity contribution in [1.82, 2.24) is 4.90 Å². The number of amides is 2. The predicted molar refractivity (Wildman–Crippen MR) is 95.0 cm³/mol. The highest BCUT2D eigenvalue weighted by molar-refractivity contribution is 6.09. The fourth-order valence-electron chi connectivity index (χ4n) is 4.00. The van der Waals surface area contributed by atoms with Gasteiger partial charge in [-0.15, -0.1) is 0 Å². The molecule has 5 heteroatoms. The van der Waals surface area contributed by atoms with Gasteiger partial charge in [-0.3, -0.25) is 9.59 Å². The van der Waals surface area contributed by atoms with Crippen LogP contribution in [0.5, 0.6) is 5.75 Å². The molecule has 0 aliphatic carbocycles. The SMILES string of the molecule is COc1ccc2c(c1)C1(CCN(C(=O)c3ccccc3)C1)C(=O)N2C. The number of hydrogen-bond donors (Lipinski definition) is 0. The summed E-state index contributed by atoms with van der Waals surface area (Å²) in [6, 6.07) is 14.9. The second-order valence-electron chi connectivity index (χ2n) is 6.67. The fraction of sp³-hybridized carbons (Fsp3) is 0.300. The highest BCUT2D eigenvalue weighted by Gasteiger charge is 2.54. The fourth-order valence-corrected chi connectivity index (χ4v) is 4.00. The molecule has 128 valence electrons. The van der Waals surface area contributed by atoms with Crippen molar-refractivity contribution in [2.75, 3.05) is 32.1 Å². The average Bonchev–Trinajstić information content (AvgIpc) is 3.19. The molecule has 2 aromatic carbocycles. The summed E-state index contributed by atoms with van der Waals surface area (Å²) in [5, 5.41) is 0. The molecular weight excluding hydrogens is 316 g/mol. The van der Waals surface area contributed by atoms with E-state index in [-0.39, 0.29) is 11.8 Å². The number of carbonyl (C=O) groups is 2. The van der Waals surface area contributed by atoms with Crippen LogP contribution >= 0.6 is 0 Å². The van der Waals surface area contributed by atoms with Crippen LogP contribution in [0.1, 0.15) is 22.3 Å². The molecule has 0 aromatic heterocycles. The van der Waals surface area contributed by atoms with Crippen LogP contribution in [0.3, 0.4) is 0 Å². The van der Waals surface area contributed by atoms with Crippen LogP contribution in [0.15, 0.2) is 48.5 Å². The van der Waals surface area contributed by atoms with Crippen LogP contribution in [-0.2, 0) is 10.2 Å². The van der Waals surface area contributed by atoms with Gasteiger partial charge in [-0.2, -0.15) is 0 Å². The van der Waals surface area contributed by atoms with E-state index in [9.17, 15) is 9.59 Å². The van der Waals surface area contributed by atoms with E-state index in [0.717, 1.165) is 17.0 Å². The van der Waals surface area contributed by atoms with Gasteiger partial charge in [-0.1, -0.05) is 18.2 Å². The van der Waals surface area contributed by atoms with Crippen molar-refractivity contribution in [2.24, 2.45) is 0 Å². The Bertz CT molecular complexity index is 849. The molecule has 1 saturated heterocycles. The summed E-state index contributed by atoms with van der Waals surface area (Å²) in [7, 11) is 3.42. The van der Waals surface area contributed by atoms with Crippen LogP contribution in [0.4, 0.5) is 5.69 Å². The van der Waals surface area contributed by atoms with Gasteiger partial charge in [0.2, 0.25) is 5.91 Å². The number of hydrogen-bond acceptors (Lipinski definition) is 3. The Morgan fingerprint density at radius 1 is 1.16 bits per heavy atom. The minimum atomic E-state index is -0.664. The quantitative estimate of drug-likeness (QED) is 0.846. The van der Waals surface area contributed by atoms with Crippen LogP contribution < -0.4 is 9.64 Å². The van der Waals surface area contributed by atoms with E-state index in [1.54, 1.807) is 24.0 Å². The van der Waals surface area contributed by atoms with Gasteiger partial charge in [0, 0.05) is 31.4 Å². The minimum absolute atomic E-state index is 0.0238. The second kappa shape index (κ2) is 5.62. The number of likely N-dealkylation sites (N-methyl/N-ethyl adjacent to an activating group) is 1. The van der Waals surface area contributed by atoms with Crippen molar-refractivity contribution in [3.63, 3.8) is 0 Å². The molecule has 2 aliphatic heterocycles. The third kappa shape index (κ3) is 2.22. The summed E-state index contributed by atoms with van der Waals surface area (Å²) >= 11 is 0. The maximum atomic E-state index is 13.0.